The zero-order valence-electron chi connectivity index (χ0n) is 11.1. The standard InChI is InChI=1S/C14H26N2/c1-13(2)9-7-5-4-6-8-11-16-12-10-15-14(16)3/h10,12-13H,4-9,11H2,1-3H3. The Balaban J connectivity index is 1.94. The highest BCUT2D eigenvalue weighted by molar-refractivity contribution is 4.87. The van der Waals surface area contributed by atoms with Crippen LogP contribution in [0, 0.1) is 12.8 Å². The lowest BCUT2D eigenvalue weighted by atomic mass is 10.0. The molecule has 0 saturated carbocycles. The van der Waals surface area contributed by atoms with Crippen molar-refractivity contribution in [3.63, 3.8) is 0 Å². The van der Waals surface area contributed by atoms with Crippen LogP contribution < -0.4 is 0 Å². The van der Waals surface area contributed by atoms with Crippen LogP contribution in [0.5, 0.6) is 0 Å². The van der Waals surface area contributed by atoms with Gasteiger partial charge in [-0.05, 0) is 19.3 Å². The third-order valence-corrected chi connectivity index (χ3v) is 3.10. The number of hydrogen-bond donors (Lipinski definition) is 0. The van der Waals surface area contributed by atoms with E-state index in [4.69, 9.17) is 0 Å². The quantitative estimate of drug-likeness (QED) is 0.603. The maximum atomic E-state index is 4.23. The maximum Gasteiger partial charge on any atom is 0.105 e. The second kappa shape index (κ2) is 7.48. The second-order valence-electron chi connectivity index (χ2n) is 5.12. The van der Waals surface area contributed by atoms with Crippen molar-refractivity contribution in [2.75, 3.05) is 0 Å². The van der Waals surface area contributed by atoms with Crippen molar-refractivity contribution in [3.05, 3.63) is 18.2 Å². The van der Waals surface area contributed by atoms with Gasteiger partial charge in [-0.1, -0.05) is 46.0 Å². The van der Waals surface area contributed by atoms with Crippen molar-refractivity contribution in [3.8, 4) is 0 Å². The molecule has 0 saturated heterocycles. The topological polar surface area (TPSA) is 17.8 Å². The Bertz CT molecular complexity index is 276. The molecule has 1 aromatic heterocycles. The number of unbranched alkanes of at least 4 members (excludes halogenated alkanes) is 4. The minimum absolute atomic E-state index is 0.869. The number of rotatable bonds is 8. The van der Waals surface area contributed by atoms with Crippen molar-refractivity contribution >= 4 is 0 Å². The summed E-state index contributed by atoms with van der Waals surface area (Å²) in [5, 5.41) is 0. The fourth-order valence-corrected chi connectivity index (χ4v) is 2.01. The molecule has 0 N–H and O–H groups in total. The van der Waals surface area contributed by atoms with E-state index in [0.29, 0.717) is 0 Å². The Morgan fingerprint density at radius 1 is 1.12 bits per heavy atom. The van der Waals surface area contributed by atoms with Gasteiger partial charge in [-0.15, -0.1) is 0 Å². The van der Waals surface area contributed by atoms with E-state index in [1.165, 1.54) is 38.5 Å². The van der Waals surface area contributed by atoms with Crippen LogP contribution in [0.2, 0.25) is 0 Å². The zero-order valence-corrected chi connectivity index (χ0v) is 11.1. The lowest BCUT2D eigenvalue weighted by molar-refractivity contribution is 0.503. The highest BCUT2D eigenvalue weighted by Crippen LogP contribution is 2.11. The van der Waals surface area contributed by atoms with E-state index in [9.17, 15) is 0 Å². The molecule has 0 amide bonds. The van der Waals surface area contributed by atoms with E-state index in [1.54, 1.807) is 0 Å². The Morgan fingerprint density at radius 2 is 1.81 bits per heavy atom. The molecule has 0 aliphatic carbocycles. The van der Waals surface area contributed by atoms with Crippen LogP contribution in [0.25, 0.3) is 0 Å². The molecule has 0 radical (unpaired) electrons. The number of nitrogens with zero attached hydrogens (tertiary/aromatic N) is 2. The third kappa shape index (κ3) is 5.34. The molecule has 0 spiro atoms. The summed E-state index contributed by atoms with van der Waals surface area (Å²) in [6.07, 6.45) is 12.2. The molecule has 1 rings (SSSR count). The Hall–Kier alpha value is -0.790. The minimum atomic E-state index is 0.869. The van der Waals surface area contributed by atoms with Crippen LogP contribution in [0.15, 0.2) is 12.4 Å². The van der Waals surface area contributed by atoms with Gasteiger partial charge in [0.1, 0.15) is 5.82 Å². The van der Waals surface area contributed by atoms with E-state index in [-0.39, 0.29) is 0 Å². The van der Waals surface area contributed by atoms with Gasteiger partial charge in [0, 0.05) is 18.9 Å². The lowest BCUT2D eigenvalue weighted by Gasteiger charge is -2.06. The lowest BCUT2D eigenvalue weighted by Crippen LogP contribution is -1.99. The summed E-state index contributed by atoms with van der Waals surface area (Å²) in [6.45, 7) is 7.82. The summed E-state index contributed by atoms with van der Waals surface area (Å²) >= 11 is 0. The molecule has 0 atom stereocenters. The average molecular weight is 222 g/mol. The van der Waals surface area contributed by atoms with Crippen LogP contribution in [0.1, 0.15) is 58.2 Å². The van der Waals surface area contributed by atoms with Gasteiger partial charge >= 0.3 is 0 Å². The summed E-state index contributed by atoms with van der Waals surface area (Å²) in [7, 11) is 0. The van der Waals surface area contributed by atoms with E-state index in [0.717, 1.165) is 18.3 Å². The fourth-order valence-electron chi connectivity index (χ4n) is 2.01. The molecule has 1 heterocycles. The molecule has 0 unspecified atom stereocenters. The smallest absolute Gasteiger partial charge is 0.105 e. The zero-order chi connectivity index (χ0) is 11.8. The van der Waals surface area contributed by atoms with Crippen LogP contribution >= 0.6 is 0 Å². The van der Waals surface area contributed by atoms with Crippen LogP contribution in [0.4, 0.5) is 0 Å². The highest BCUT2D eigenvalue weighted by Gasteiger charge is 1.97. The first-order chi connectivity index (χ1) is 7.70. The first kappa shape index (κ1) is 13.3. The van der Waals surface area contributed by atoms with Gasteiger partial charge in [-0.2, -0.15) is 0 Å². The molecule has 0 aliphatic rings. The minimum Gasteiger partial charge on any atom is -0.335 e. The summed E-state index contributed by atoms with van der Waals surface area (Å²) < 4.78 is 2.24. The van der Waals surface area contributed by atoms with Crippen LogP contribution in [-0.2, 0) is 6.54 Å². The summed E-state index contributed by atoms with van der Waals surface area (Å²) in [5.74, 6) is 2.01. The second-order valence-corrected chi connectivity index (χ2v) is 5.12. The molecule has 0 bridgehead atoms. The van der Waals surface area contributed by atoms with Crippen molar-refractivity contribution < 1.29 is 0 Å². The first-order valence-electron chi connectivity index (χ1n) is 6.68. The molecule has 92 valence electrons. The molecule has 1 aromatic rings. The van der Waals surface area contributed by atoms with Gasteiger partial charge < -0.3 is 4.57 Å². The van der Waals surface area contributed by atoms with E-state index in [2.05, 4.69) is 36.5 Å². The van der Waals surface area contributed by atoms with Crippen molar-refractivity contribution in [2.45, 2.75) is 65.8 Å². The predicted molar refractivity (Wildman–Crippen MR) is 69.5 cm³/mol. The van der Waals surface area contributed by atoms with Gasteiger partial charge in [0.05, 0.1) is 0 Å². The van der Waals surface area contributed by atoms with E-state index >= 15 is 0 Å². The fraction of sp³-hybridized carbons (Fsp3) is 0.786. The predicted octanol–water partition coefficient (Wildman–Crippen LogP) is 4.19. The first-order valence-corrected chi connectivity index (χ1v) is 6.68. The van der Waals surface area contributed by atoms with Crippen molar-refractivity contribution in [2.24, 2.45) is 5.92 Å². The number of hydrogen-bond acceptors (Lipinski definition) is 1. The maximum absolute atomic E-state index is 4.23. The summed E-state index contributed by atoms with van der Waals surface area (Å²) in [5.41, 5.74) is 0. The normalized spacial score (nSPS) is 11.2. The van der Waals surface area contributed by atoms with Gasteiger partial charge in [-0.25, -0.2) is 4.98 Å². The average Bonchev–Trinajstić information content (AvgIpc) is 2.62. The Morgan fingerprint density at radius 3 is 2.44 bits per heavy atom. The molecule has 0 aliphatic heterocycles. The largest absolute Gasteiger partial charge is 0.335 e. The van der Waals surface area contributed by atoms with Gasteiger partial charge in [0.2, 0.25) is 0 Å². The molecule has 0 aromatic carbocycles. The van der Waals surface area contributed by atoms with Crippen molar-refractivity contribution in [1.29, 1.82) is 0 Å². The molecule has 0 fully saturated rings. The molecular formula is C14H26N2. The van der Waals surface area contributed by atoms with Crippen molar-refractivity contribution in [1.82, 2.24) is 9.55 Å². The third-order valence-electron chi connectivity index (χ3n) is 3.10. The van der Waals surface area contributed by atoms with Gasteiger partial charge in [0.25, 0.3) is 0 Å². The molecule has 16 heavy (non-hydrogen) atoms. The van der Waals surface area contributed by atoms with Gasteiger partial charge in [0.15, 0.2) is 0 Å². The Labute approximate surface area is 100 Å². The molecule has 2 heteroatoms. The Kier molecular flexibility index (Phi) is 6.20. The van der Waals surface area contributed by atoms with E-state index in [1.807, 2.05) is 6.20 Å². The number of imidazole rings is 1. The monoisotopic (exact) mass is 222 g/mol. The number of aryl methyl sites for hydroxylation is 2. The highest BCUT2D eigenvalue weighted by atomic mass is 15.0. The van der Waals surface area contributed by atoms with E-state index < -0.39 is 0 Å². The van der Waals surface area contributed by atoms with Crippen LogP contribution in [-0.4, -0.2) is 9.55 Å². The van der Waals surface area contributed by atoms with Crippen LogP contribution in [0.3, 0.4) is 0 Å². The SMILES string of the molecule is Cc1nccn1CCCCCCCC(C)C. The summed E-state index contributed by atoms with van der Waals surface area (Å²) in [6, 6.07) is 0. The summed E-state index contributed by atoms with van der Waals surface area (Å²) in [4.78, 5) is 4.23. The number of aromatic nitrogens is 2. The molecule has 2 nitrogen and oxygen atoms in total. The molecular weight excluding hydrogens is 196 g/mol. The van der Waals surface area contributed by atoms with Gasteiger partial charge in [-0.3, -0.25) is 0 Å².